The lowest BCUT2D eigenvalue weighted by molar-refractivity contribution is 0.415. The molecule has 0 spiro atoms. The summed E-state index contributed by atoms with van der Waals surface area (Å²) in [4.78, 5) is 0. The van der Waals surface area contributed by atoms with Gasteiger partial charge >= 0.3 is 0 Å². The van der Waals surface area contributed by atoms with Gasteiger partial charge in [-0.1, -0.05) is 37.4 Å². The van der Waals surface area contributed by atoms with Crippen LogP contribution in [-0.2, 0) is 12.6 Å². The molecule has 3 aromatic rings. The van der Waals surface area contributed by atoms with Crippen molar-refractivity contribution in [3.8, 4) is 17.0 Å². The third-order valence-electron chi connectivity index (χ3n) is 4.49. The van der Waals surface area contributed by atoms with Crippen molar-refractivity contribution in [3.63, 3.8) is 0 Å². The van der Waals surface area contributed by atoms with Crippen LogP contribution in [-0.4, -0.2) is 20.5 Å². The maximum absolute atomic E-state index is 5.45. The minimum absolute atomic E-state index is 0.354. The lowest BCUT2D eigenvalue weighted by atomic mass is 10.1. The number of hydrogen-bond acceptors (Lipinski definition) is 1. The van der Waals surface area contributed by atoms with E-state index in [1.807, 2.05) is 0 Å². The summed E-state index contributed by atoms with van der Waals surface area (Å²) in [7, 11) is 1.39. The first-order valence-electron chi connectivity index (χ1n) is 7.75. The molecule has 0 amide bonds. The van der Waals surface area contributed by atoms with Gasteiger partial charge in [-0.2, -0.15) is 0 Å². The quantitative estimate of drug-likeness (QED) is 0.508. The van der Waals surface area contributed by atoms with E-state index in [0.29, 0.717) is 0 Å². The number of methoxy groups -OCH3 is 1. The molecule has 0 atom stereocenters. The summed E-state index contributed by atoms with van der Waals surface area (Å²) in [5, 5.41) is 1.36. The number of benzene rings is 2. The molecule has 111 valence electrons. The molecule has 0 fully saturated rings. The molecule has 2 aromatic carbocycles. The summed E-state index contributed by atoms with van der Waals surface area (Å²) >= 11 is 0. The molecular formula is C19H20NOSi. The van der Waals surface area contributed by atoms with E-state index in [1.54, 1.807) is 7.11 Å². The average Bonchev–Trinajstić information content (AvgIpc) is 3.03. The molecule has 0 bridgehead atoms. The van der Waals surface area contributed by atoms with Crippen LogP contribution in [0.4, 0.5) is 0 Å². The van der Waals surface area contributed by atoms with Gasteiger partial charge in [-0.3, -0.25) is 0 Å². The fourth-order valence-electron chi connectivity index (χ4n) is 3.59. The maximum Gasteiger partial charge on any atom is 0.119 e. The standard InChI is InChI=1S/C19H20NOSi/c1-21-14-8-9-18-16(11-14)17-10-13-6-4-5-7-15(13)19(17)20(18)12-22(2)3/h4-9,11H,10,12H2,1-3H3. The Morgan fingerprint density at radius 1 is 1.14 bits per heavy atom. The molecule has 2 nitrogen and oxygen atoms in total. The topological polar surface area (TPSA) is 14.2 Å². The number of ether oxygens (including phenoxy) is 1. The second-order valence-corrected chi connectivity index (χ2v) is 9.07. The maximum atomic E-state index is 5.45. The highest BCUT2D eigenvalue weighted by Gasteiger charge is 2.26. The Kier molecular flexibility index (Phi) is 3.12. The highest BCUT2D eigenvalue weighted by atomic mass is 28.3. The van der Waals surface area contributed by atoms with Gasteiger partial charge in [-0.25, -0.2) is 0 Å². The van der Waals surface area contributed by atoms with Gasteiger partial charge in [0, 0.05) is 29.1 Å². The van der Waals surface area contributed by atoms with Crippen molar-refractivity contribution < 1.29 is 4.74 Å². The van der Waals surface area contributed by atoms with Gasteiger partial charge in [-0.15, -0.1) is 0 Å². The minimum atomic E-state index is -0.354. The minimum Gasteiger partial charge on any atom is -0.497 e. The molecule has 4 rings (SSSR count). The van der Waals surface area contributed by atoms with Crippen molar-refractivity contribution in [3.05, 3.63) is 53.6 Å². The van der Waals surface area contributed by atoms with Crippen LogP contribution >= 0.6 is 0 Å². The monoisotopic (exact) mass is 306 g/mol. The Morgan fingerprint density at radius 2 is 1.95 bits per heavy atom. The van der Waals surface area contributed by atoms with E-state index < -0.39 is 0 Å². The van der Waals surface area contributed by atoms with E-state index in [1.165, 1.54) is 33.3 Å². The average molecular weight is 306 g/mol. The Hall–Kier alpha value is -2.00. The normalized spacial score (nSPS) is 12.7. The number of aromatic nitrogens is 1. The highest BCUT2D eigenvalue weighted by Crippen LogP contribution is 2.43. The zero-order valence-electron chi connectivity index (χ0n) is 13.3. The molecule has 1 aliphatic carbocycles. The second kappa shape index (κ2) is 5.02. The molecule has 1 heterocycles. The molecule has 0 saturated heterocycles. The lowest BCUT2D eigenvalue weighted by Gasteiger charge is -2.13. The van der Waals surface area contributed by atoms with Crippen LogP contribution in [0.1, 0.15) is 11.1 Å². The van der Waals surface area contributed by atoms with E-state index in [4.69, 9.17) is 4.74 Å². The SMILES string of the molecule is COc1ccc2c(c1)c1c(n2C[Si](C)C)-c2ccccc2C1. The molecule has 0 saturated carbocycles. The first kappa shape index (κ1) is 13.6. The summed E-state index contributed by atoms with van der Waals surface area (Å²) < 4.78 is 7.99. The number of hydrogen-bond donors (Lipinski definition) is 0. The number of rotatable bonds is 3. The Morgan fingerprint density at radius 3 is 2.73 bits per heavy atom. The predicted octanol–water partition coefficient (Wildman–Crippen LogP) is 4.51. The zero-order valence-corrected chi connectivity index (χ0v) is 14.3. The molecule has 1 aliphatic rings. The Bertz CT molecular complexity index is 863. The predicted molar refractivity (Wildman–Crippen MR) is 94.2 cm³/mol. The van der Waals surface area contributed by atoms with Crippen molar-refractivity contribution in [2.75, 3.05) is 7.11 Å². The zero-order chi connectivity index (χ0) is 15.3. The lowest BCUT2D eigenvalue weighted by Crippen LogP contribution is -2.13. The van der Waals surface area contributed by atoms with Gasteiger partial charge in [-0.05, 0) is 29.3 Å². The fourth-order valence-corrected chi connectivity index (χ4v) is 4.55. The number of fused-ring (bicyclic) bond motifs is 5. The van der Waals surface area contributed by atoms with Gasteiger partial charge in [0.1, 0.15) is 5.75 Å². The fraction of sp³-hybridized carbons (Fsp3) is 0.263. The molecule has 0 N–H and O–H groups in total. The second-order valence-electron chi connectivity index (χ2n) is 6.34. The molecular weight excluding hydrogens is 286 g/mol. The Balaban J connectivity index is 2.04. The van der Waals surface area contributed by atoms with Crippen molar-refractivity contribution in [1.29, 1.82) is 0 Å². The van der Waals surface area contributed by atoms with Crippen molar-refractivity contribution in [2.45, 2.75) is 25.7 Å². The first-order chi connectivity index (χ1) is 10.7. The molecule has 22 heavy (non-hydrogen) atoms. The van der Waals surface area contributed by atoms with Crippen LogP contribution in [0.3, 0.4) is 0 Å². The first-order valence-corrected chi connectivity index (χ1v) is 10.5. The van der Waals surface area contributed by atoms with E-state index in [0.717, 1.165) is 18.3 Å². The van der Waals surface area contributed by atoms with Gasteiger partial charge in [0.2, 0.25) is 0 Å². The van der Waals surface area contributed by atoms with Crippen LogP contribution in [0.15, 0.2) is 42.5 Å². The van der Waals surface area contributed by atoms with Crippen molar-refractivity contribution >= 4 is 19.7 Å². The van der Waals surface area contributed by atoms with E-state index in [9.17, 15) is 0 Å². The summed E-state index contributed by atoms with van der Waals surface area (Å²) in [6.07, 6.45) is 2.19. The van der Waals surface area contributed by atoms with Crippen LogP contribution in [0.2, 0.25) is 13.1 Å². The van der Waals surface area contributed by atoms with E-state index >= 15 is 0 Å². The molecule has 0 unspecified atom stereocenters. The summed E-state index contributed by atoms with van der Waals surface area (Å²) in [6.45, 7) is 4.76. The van der Waals surface area contributed by atoms with E-state index in [-0.39, 0.29) is 8.80 Å². The third kappa shape index (κ3) is 1.92. The van der Waals surface area contributed by atoms with Crippen molar-refractivity contribution in [1.82, 2.24) is 4.57 Å². The summed E-state index contributed by atoms with van der Waals surface area (Å²) in [5.74, 6) is 0.946. The molecule has 1 radical (unpaired) electrons. The van der Waals surface area contributed by atoms with Gasteiger partial charge in [0.15, 0.2) is 0 Å². The largest absolute Gasteiger partial charge is 0.497 e. The molecule has 3 heteroatoms. The van der Waals surface area contributed by atoms with Gasteiger partial charge in [0.05, 0.1) is 21.6 Å². The van der Waals surface area contributed by atoms with Crippen LogP contribution in [0, 0.1) is 0 Å². The third-order valence-corrected chi connectivity index (χ3v) is 5.44. The van der Waals surface area contributed by atoms with Crippen LogP contribution in [0.25, 0.3) is 22.2 Å². The highest BCUT2D eigenvalue weighted by molar-refractivity contribution is 6.54. The van der Waals surface area contributed by atoms with E-state index in [2.05, 4.69) is 60.1 Å². The summed E-state index contributed by atoms with van der Waals surface area (Å²) in [6, 6.07) is 15.3. The van der Waals surface area contributed by atoms with Gasteiger partial charge in [0.25, 0.3) is 0 Å². The van der Waals surface area contributed by atoms with Gasteiger partial charge < -0.3 is 9.30 Å². The number of nitrogens with zero attached hydrogens (tertiary/aromatic N) is 1. The molecule has 1 aromatic heterocycles. The molecule has 0 aliphatic heterocycles. The van der Waals surface area contributed by atoms with Crippen LogP contribution < -0.4 is 4.74 Å². The summed E-state index contributed by atoms with van der Waals surface area (Å²) in [5.41, 5.74) is 7.12. The van der Waals surface area contributed by atoms with Crippen LogP contribution in [0.5, 0.6) is 5.75 Å². The van der Waals surface area contributed by atoms with Crippen molar-refractivity contribution in [2.24, 2.45) is 0 Å². The smallest absolute Gasteiger partial charge is 0.119 e. The Labute approximate surface area is 132 Å².